The van der Waals surface area contributed by atoms with Crippen LogP contribution in [0.4, 0.5) is 0 Å². The summed E-state index contributed by atoms with van der Waals surface area (Å²) in [6, 6.07) is 6.63. The van der Waals surface area contributed by atoms with Crippen molar-refractivity contribution in [3.05, 3.63) is 57.3 Å². The molecule has 1 aromatic carbocycles. The fourth-order valence-corrected chi connectivity index (χ4v) is 2.95. The molecule has 0 aliphatic carbocycles. The van der Waals surface area contributed by atoms with Crippen LogP contribution in [-0.4, -0.2) is 19.3 Å². The summed E-state index contributed by atoms with van der Waals surface area (Å²) in [5, 5.41) is 0.520. The van der Waals surface area contributed by atoms with Gasteiger partial charge in [0.05, 0.1) is 10.6 Å². The number of rotatable bonds is 3. The largest absolute Gasteiger partial charge is 1.00 e. The van der Waals surface area contributed by atoms with Gasteiger partial charge in [-0.15, -0.1) is 0 Å². The van der Waals surface area contributed by atoms with E-state index in [9.17, 15) is 13.2 Å². The first-order chi connectivity index (χ1) is 9.79. The van der Waals surface area contributed by atoms with Gasteiger partial charge in [-0.05, 0) is 30.3 Å². The van der Waals surface area contributed by atoms with E-state index in [1.54, 1.807) is 0 Å². The molecule has 0 aliphatic rings. The number of amides is 1. The molecule has 22 heavy (non-hydrogen) atoms. The van der Waals surface area contributed by atoms with E-state index in [0.717, 1.165) is 6.20 Å². The van der Waals surface area contributed by atoms with Crippen molar-refractivity contribution in [1.29, 1.82) is 0 Å². The third-order valence-electron chi connectivity index (χ3n) is 2.41. The van der Waals surface area contributed by atoms with Crippen LogP contribution in [0.3, 0.4) is 0 Å². The molecule has 0 saturated carbocycles. The van der Waals surface area contributed by atoms with Crippen LogP contribution >= 0.6 is 34.8 Å². The van der Waals surface area contributed by atoms with Gasteiger partial charge in [-0.1, -0.05) is 34.8 Å². The maximum absolute atomic E-state index is 12.0. The summed E-state index contributed by atoms with van der Waals surface area (Å²) in [4.78, 5) is 15.4. The van der Waals surface area contributed by atoms with Gasteiger partial charge in [-0.25, -0.2) is 18.1 Å². The molecule has 0 atom stereocenters. The number of nitrogens with one attached hydrogen (secondary N) is 1. The van der Waals surface area contributed by atoms with E-state index in [2.05, 4.69) is 4.98 Å². The van der Waals surface area contributed by atoms with E-state index in [4.69, 9.17) is 34.8 Å². The summed E-state index contributed by atoms with van der Waals surface area (Å²) in [6.45, 7) is 0. The molecule has 2 rings (SSSR count). The van der Waals surface area contributed by atoms with Crippen LogP contribution in [0.25, 0.3) is 0 Å². The fraction of sp³-hybridized carbons (Fsp3) is 0. The zero-order chi connectivity index (χ0) is 15.6. The molecule has 1 amide bonds. The zero-order valence-electron chi connectivity index (χ0n) is 12.2. The van der Waals surface area contributed by atoms with Crippen LogP contribution in [-0.2, 0) is 10.0 Å². The number of aromatic nitrogens is 1. The van der Waals surface area contributed by atoms with Gasteiger partial charge in [0, 0.05) is 11.2 Å². The smallest absolute Gasteiger partial charge is 1.00 e. The maximum atomic E-state index is 12.0. The Labute approximate surface area is 165 Å². The van der Waals surface area contributed by atoms with Crippen molar-refractivity contribution < 1.29 is 44.2 Å². The van der Waals surface area contributed by atoms with E-state index >= 15 is 0 Å². The van der Waals surface area contributed by atoms with Gasteiger partial charge in [0.2, 0.25) is 0 Å². The Morgan fingerprint density at radius 2 is 1.82 bits per heavy atom. The van der Waals surface area contributed by atoms with Crippen LogP contribution in [0.2, 0.25) is 15.2 Å². The second-order valence-electron chi connectivity index (χ2n) is 3.88. The summed E-state index contributed by atoms with van der Waals surface area (Å²) in [5.41, 5.74) is -0.00781. The van der Waals surface area contributed by atoms with E-state index in [1.807, 2.05) is 4.72 Å². The van der Waals surface area contributed by atoms with Crippen LogP contribution < -0.4 is 34.3 Å². The van der Waals surface area contributed by atoms with Crippen LogP contribution in [0.15, 0.2) is 41.4 Å². The molecule has 112 valence electrons. The summed E-state index contributed by atoms with van der Waals surface area (Å²) in [5.74, 6) is -0.869. The fourth-order valence-electron chi connectivity index (χ4n) is 1.43. The average molecular weight is 390 g/mol. The van der Waals surface area contributed by atoms with E-state index < -0.39 is 15.9 Å². The van der Waals surface area contributed by atoms with Gasteiger partial charge in [0.25, 0.3) is 15.9 Å². The first-order valence-corrected chi connectivity index (χ1v) is 8.05. The normalized spacial score (nSPS) is 10.7. The van der Waals surface area contributed by atoms with Crippen molar-refractivity contribution in [3.8, 4) is 0 Å². The Balaban J connectivity index is 0.00000242. The van der Waals surface area contributed by atoms with Crippen molar-refractivity contribution >= 4 is 50.7 Å². The Morgan fingerprint density at radius 3 is 2.36 bits per heavy atom. The van der Waals surface area contributed by atoms with E-state index in [1.165, 1.54) is 30.3 Å². The second kappa shape index (κ2) is 7.97. The van der Waals surface area contributed by atoms with Crippen molar-refractivity contribution in [2.24, 2.45) is 0 Å². The average Bonchev–Trinajstić information content (AvgIpc) is 2.38. The van der Waals surface area contributed by atoms with Crippen LogP contribution in [0, 0.1) is 0 Å². The molecule has 10 heteroatoms. The molecule has 2 aromatic rings. The molecule has 0 saturated heterocycles. The Morgan fingerprint density at radius 1 is 1.14 bits per heavy atom. The second-order valence-corrected chi connectivity index (χ2v) is 6.79. The molecule has 1 N–H and O–H groups in total. The van der Waals surface area contributed by atoms with E-state index in [-0.39, 0.29) is 51.6 Å². The number of carbonyl (C=O) groups excluding carboxylic acids is 1. The van der Waals surface area contributed by atoms with Gasteiger partial charge >= 0.3 is 29.6 Å². The van der Waals surface area contributed by atoms with Gasteiger partial charge in [-0.3, -0.25) is 4.79 Å². The molecule has 0 fully saturated rings. The van der Waals surface area contributed by atoms with Gasteiger partial charge in [0.15, 0.2) is 0 Å². The molecular formula is C12H8Cl3N2NaO3S. The number of hydrogen-bond acceptors (Lipinski definition) is 4. The summed E-state index contributed by atoms with van der Waals surface area (Å²) in [7, 11) is -4.06. The first-order valence-electron chi connectivity index (χ1n) is 5.43. The monoisotopic (exact) mass is 388 g/mol. The number of carbonyl (C=O) groups is 1. The molecular weight excluding hydrogens is 382 g/mol. The van der Waals surface area contributed by atoms with Crippen LogP contribution in [0.1, 0.15) is 11.8 Å². The third-order valence-corrected chi connectivity index (χ3v) is 4.50. The predicted octanol–water partition coefficient (Wildman–Crippen LogP) is 0.277. The third kappa shape index (κ3) is 4.83. The molecule has 1 heterocycles. The quantitative estimate of drug-likeness (QED) is 0.604. The summed E-state index contributed by atoms with van der Waals surface area (Å²) >= 11 is 17.1. The van der Waals surface area contributed by atoms with Crippen LogP contribution in [0.5, 0.6) is 0 Å². The zero-order valence-corrected chi connectivity index (χ0v) is 16.3. The van der Waals surface area contributed by atoms with Gasteiger partial charge in [-0.2, -0.15) is 0 Å². The standard InChI is InChI=1S/C12H7Cl3N2O3S.Na.H/c13-7-1-3-9(10(14)5-7)12(18)17-21(19,20)8-2-4-11(15)16-6-8;;/h1-6H,(H,17,18);;/q;+1;-1. The number of pyridine rings is 1. The molecule has 5 nitrogen and oxygen atoms in total. The van der Waals surface area contributed by atoms with Crippen molar-refractivity contribution in [1.82, 2.24) is 9.71 Å². The van der Waals surface area contributed by atoms with Gasteiger partial charge in [0.1, 0.15) is 10.0 Å². The number of halogens is 3. The number of hydrogen-bond donors (Lipinski definition) is 1. The Hall–Kier alpha value is -0.340. The first kappa shape index (κ1) is 19.7. The topological polar surface area (TPSA) is 76.1 Å². The van der Waals surface area contributed by atoms with E-state index in [0.29, 0.717) is 5.02 Å². The SMILES string of the molecule is O=C(NS(=O)(=O)c1ccc(Cl)nc1)c1ccc(Cl)cc1Cl.[H-].[Na+]. The molecule has 0 radical (unpaired) electrons. The molecule has 0 aliphatic heterocycles. The molecule has 1 aromatic heterocycles. The van der Waals surface area contributed by atoms with Gasteiger partial charge < -0.3 is 1.43 Å². The minimum atomic E-state index is -4.06. The summed E-state index contributed by atoms with van der Waals surface area (Å²) < 4.78 is 25.9. The Kier molecular flexibility index (Phi) is 7.14. The number of sulfonamides is 1. The molecule has 0 bridgehead atoms. The minimum absolute atomic E-state index is 0. The minimum Gasteiger partial charge on any atom is -1.00 e. The number of benzene rings is 1. The predicted molar refractivity (Wildman–Crippen MR) is 81.5 cm³/mol. The van der Waals surface area contributed by atoms with Crippen molar-refractivity contribution in [3.63, 3.8) is 0 Å². The molecule has 0 unspecified atom stereocenters. The number of nitrogens with zero attached hydrogens (tertiary/aromatic N) is 1. The maximum Gasteiger partial charge on any atom is 1.00 e. The summed E-state index contributed by atoms with van der Waals surface area (Å²) in [6.07, 6.45) is 1.04. The van der Waals surface area contributed by atoms with Crippen molar-refractivity contribution in [2.45, 2.75) is 4.90 Å². The van der Waals surface area contributed by atoms with Crippen molar-refractivity contribution in [2.75, 3.05) is 0 Å². The Bertz CT molecular complexity index is 804. The molecule has 0 spiro atoms.